The molecule has 0 saturated heterocycles. The number of anilines is 1. The van der Waals surface area contributed by atoms with Gasteiger partial charge in [0.15, 0.2) is 5.82 Å². The van der Waals surface area contributed by atoms with Gasteiger partial charge in [0.05, 0.1) is 5.69 Å². The van der Waals surface area contributed by atoms with Crippen LogP contribution in [-0.4, -0.2) is 36.9 Å². The molecule has 1 N–H and O–H groups in total. The third-order valence-corrected chi connectivity index (χ3v) is 5.60. The normalized spacial score (nSPS) is 12.8. The second kappa shape index (κ2) is 9.80. The van der Waals surface area contributed by atoms with E-state index in [1.54, 1.807) is 24.8 Å². The standard InChI is InChI=1S/C27H25N7O/c1-18(2)31-26(35)20-4-5-21-16-34(17-22(21)15-20)27-30-14-10-24(33-27)25-29-13-9-23(32-25)6-3-19-7-11-28-12-8-19/h3-15,18H,16-17H2,1-2H3,(H,31,35)/b6-3+. The smallest absolute Gasteiger partial charge is 0.251 e. The average Bonchev–Trinajstić information content (AvgIpc) is 3.32. The van der Waals surface area contributed by atoms with Crippen LogP contribution in [0.4, 0.5) is 5.95 Å². The molecule has 0 radical (unpaired) electrons. The summed E-state index contributed by atoms with van der Waals surface area (Å²) in [6.45, 7) is 5.22. The molecule has 0 spiro atoms. The molecule has 35 heavy (non-hydrogen) atoms. The van der Waals surface area contributed by atoms with Crippen LogP contribution in [0.2, 0.25) is 0 Å². The molecule has 0 fully saturated rings. The maximum absolute atomic E-state index is 12.4. The lowest BCUT2D eigenvalue weighted by Gasteiger charge is -2.15. The fourth-order valence-electron chi connectivity index (χ4n) is 3.89. The number of hydrogen-bond donors (Lipinski definition) is 1. The van der Waals surface area contributed by atoms with Crippen molar-refractivity contribution in [3.8, 4) is 11.5 Å². The monoisotopic (exact) mass is 463 g/mol. The number of benzene rings is 1. The van der Waals surface area contributed by atoms with Crippen molar-refractivity contribution in [3.05, 3.63) is 95.2 Å². The molecular formula is C27H25N7O. The largest absolute Gasteiger partial charge is 0.350 e. The minimum Gasteiger partial charge on any atom is -0.350 e. The summed E-state index contributed by atoms with van der Waals surface area (Å²) in [4.78, 5) is 36.8. The predicted octanol–water partition coefficient (Wildman–Crippen LogP) is 4.16. The van der Waals surface area contributed by atoms with Gasteiger partial charge in [-0.3, -0.25) is 9.78 Å². The number of fused-ring (bicyclic) bond motifs is 1. The highest BCUT2D eigenvalue weighted by molar-refractivity contribution is 5.94. The summed E-state index contributed by atoms with van der Waals surface area (Å²) in [5, 5.41) is 2.94. The number of carbonyl (C=O) groups is 1. The maximum atomic E-state index is 12.4. The van der Waals surface area contributed by atoms with E-state index in [1.807, 2.05) is 68.5 Å². The molecule has 4 heterocycles. The lowest BCUT2D eigenvalue weighted by molar-refractivity contribution is 0.0943. The number of amides is 1. The Morgan fingerprint density at radius 1 is 0.914 bits per heavy atom. The second-order valence-electron chi connectivity index (χ2n) is 8.63. The van der Waals surface area contributed by atoms with E-state index in [9.17, 15) is 4.79 Å². The molecule has 174 valence electrons. The number of pyridine rings is 1. The molecule has 3 aromatic heterocycles. The predicted molar refractivity (Wildman–Crippen MR) is 135 cm³/mol. The van der Waals surface area contributed by atoms with E-state index in [0.29, 0.717) is 36.1 Å². The first-order chi connectivity index (χ1) is 17.0. The zero-order chi connectivity index (χ0) is 24.2. The molecule has 0 atom stereocenters. The van der Waals surface area contributed by atoms with E-state index in [0.717, 1.165) is 16.8 Å². The van der Waals surface area contributed by atoms with E-state index >= 15 is 0 Å². The first-order valence-electron chi connectivity index (χ1n) is 11.5. The summed E-state index contributed by atoms with van der Waals surface area (Å²) in [5.74, 6) is 1.08. The molecule has 8 heteroatoms. The van der Waals surface area contributed by atoms with Gasteiger partial charge in [0, 0.05) is 49.5 Å². The van der Waals surface area contributed by atoms with Crippen molar-refractivity contribution in [2.24, 2.45) is 0 Å². The van der Waals surface area contributed by atoms with Gasteiger partial charge in [-0.25, -0.2) is 19.9 Å². The van der Waals surface area contributed by atoms with Crippen molar-refractivity contribution in [1.82, 2.24) is 30.2 Å². The Hall–Kier alpha value is -4.46. The summed E-state index contributed by atoms with van der Waals surface area (Å²) in [5.41, 5.74) is 5.42. The van der Waals surface area contributed by atoms with Crippen molar-refractivity contribution in [2.75, 3.05) is 4.90 Å². The zero-order valence-corrected chi connectivity index (χ0v) is 19.6. The van der Waals surface area contributed by atoms with Crippen molar-refractivity contribution in [2.45, 2.75) is 33.0 Å². The summed E-state index contributed by atoms with van der Waals surface area (Å²) in [6, 6.07) is 13.5. The third-order valence-electron chi connectivity index (χ3n) is 5.60. The Morgan fingerprint density at radius 3 is 2.54 bits per heavy atom. The maximum Gasteiger partial charge on any atom is 0.251 e. The minimum absolute atomic E-state index is 0.0606. The van der Waals surface area contributed by atoms with Gasteiger partial charge in [-0.2, -0.15) is 0 Å². The molecule has 0 bridgehead atoms. The Balaban J connectivity index is 1.34. The molecular weight excluding hydrogens is 438 g/mol. The molecule has 1 aromatic carbocycles. The molecule has 0 aliphatic carbocycles. The molecule has 5 rings (SSSR count). The van der Waals surface area contributed by atoms with E-state index in [-0.39, 0.29) is 11.9 Å². The summed E-state index contributed by atoms with van der Waals surface area (Å²) < 4.78 is 0. The highest BCUT2D eigenvalue weighted by Gasteiger charge is 2.23. The van der Waals surface area contributed by atoms with Crippen LogP contribution in [-0.2, 0) is 13.1 Å². The highest BCUT2D eigenvalue weighted by atomic mass is 16.1. The summed E-state index contributed by atoms with van der Waals surface area (Å²) in [7, 11) is 0. The van der Waals surface area contributed by atoms with Gasteiger partial charge >= 0.3 is 0 Å². The Kier molecular flexibility index (Phi) is 6.26. The Morgan fingerprint density at radius 2 is 1.71 bits per heavy atom. The van der Waals surface area contributed by atoms with Crippen molar-refractivity contribution in [1.29, 1.82) is 0 Å². The van der Waals surface area contributed by atoms with Crippen LogP contribution in [0.25, 0.3) is 23.7 Å². The van der Waals surface area contributed by atoms with E-state index in [1.165, 1.54) is 5.56 Å². The van der Waals surface area contributed by atoms with E-state index < -0.39 is 0 Å². The Bertz CT molecular complexity index is 1390. The van der Waals surface area contributed by atoms with Gasteiger partial charge in [0.1, 0.15) is 5.69 Å². The number of hydrogen-bond acceptors (Lipinski definition) is 7. The summed E-state index contributed by atoms with van der Waals surface area (Å²) in [6.07, 6.45) is 10.9. The molecule has 0 unspecified atom stereocenters. The van der Waals surface area contributed by atoms with Gasteiger partial charge in [-0.05, 0) is 73.0 Å². The molecule has 1 aliphatic heterocycles. The summed E-state index contributed by atoms with van der Waals surface area (Å²) >= 11 is 0. The van der Waals surface area contributed by atoms with Gasteiger partial charge in [0.2, 0.25) is 5.95 Å². The van der Waals surface area contributed by atoms with Crippen LogP contribution in [0.3, 0.4) is 0 Å². The quantitative estimate of drug-likeness (QED) is 0.459. The van der Waals surface area contributed by atoms with Crippen molar-refractivity contribution < 1.29 is 4.79 Å². The van der Waals surface area contributed by atoms with Crippen LogP contribution in [0.5, 0.6) is 0 Å². The second-order valence-corrected chi connectivity index (χ2v) is 8.63. The number of nitrogens with zero attached hydrogens (tertiary/aromatic N) is 6. The molecule has 4 aromatic rings. The van der Waals surface area contributed by atoms with Crippen molar-refractivity contribution in [3.63, 3.8) is 0 Å². The third kappa shape index (κ3) is 5.22. The van der Waals surface area contributed by atoms with Crippen LogP contribution in [0, 0.1) is 0 Å². The van der Waals surface area contributed by atoms with Crippen LogP contribution < -0.4 is 10.2 Å². The Labute approximate surface area is 203 Å². The lowest BCUT2D eigenvalue weighted by Crippen LogP contribution is -2.30. The molecule has 1 amide bonds. The topological polar surface area (TPSA) is 96.8 Å². The van der Waals surface area contributed by atoms with Crippen molar-refractivity contribution >= 4 is 24.0 Å². The first kappa shape index (κ1) is 22.3. The number of carbonyl (C=O) groups excluding carboxylic acids is 1. The van der Waals surface area contributed by atoms with Crippen LogP contribution in [0.1, 0.15) is 46.6 Å². The lowest BCUT2D eigenvalue weighted by atomic mass is 10.1. The first-order valence-corrected chi connectivity index (χ1v) is 11.5. The molecule has 1 aliphatic rings. The van der Waals surface area contributed by atoms with Gasteiger partial charge in [-0.1, -0.05) is 12.1 Å². The fourth-order valence-corrected chi connectivity index (χ4v) is 3.89. The molecule has 0 saturated carbocycles. The SMILES string of the molecule is CC(C)NC(=O)c1ccc2c(c1)CN(c1nccc(-c3nccc(/C=C/c4ccncc4)n3)n1)C2. The number of nitrogens with one attached hydrogen (secondary N) is 1. The van der Waals surface area contributed by atoms with Gasteiger partial charge in [0.25, 0.3) is 5.91 Å². The number of rotatable bonds is 6. The van der Waals surface area contributed by atoms with E-state index in [4.69, 9.17) is 4.98 Å². The average molecular weight is 464 g/mol. The number of aromatic nitrogens is 5. The van der Waals surface area contributed by atoms with Gasteiger partial charge in [-0.15, -0.1) is 0 Å². The fraction of sp³-hybridized carbons (Fsp3) is 0.185. The minimum atomic E-state index is -0.0606. The van der Waals surface area contributed by atoms with Gasteiger partial charge < -0.3 is 10.2 Å². The zero-order valence-electron chi connectivity index (χ0n) is 19.6. The van der Waals surface area contributed by atoms with Crippen LogP contribution >= 0.6 is 0 Å². The highest BCUT2D eigenvalue weighted by Crippen LogP contribution is 2.28. The molecule has 8 nitrogen and oxygen atoms in total. The van der Waals surface area contributed by atoms with E-state index in [2.05, 4.69) is 30.2 Å². The van der Waals surface area contributed by atoms with Crippen LogP contribution in [0.15, 0.2) is 67.3 Å².